The minimum absolute atomic E-state index is 0. The molecule has 2 unspecified atom stereocenters. The van der Waals surface area contributed by atoms with E-state index in [1.807, 2.05) is 17.0 Å². The van der Waals surface area contributed by atoms with Crippen molar-refractivity contribution in [1.82, 2.24) is 0 Å². The van der Waals surface area contributed by atoms with Gasteiger partial charge in [0.05, 0.1) is 0 Å². The molecule has 2 heterocycles. The third-order valence-corrected chi connectivity index (χ3v) is 14.9. The quantitative estimate of drug-likeness (QED) is 0.460. The first-order chi connectivity index (χ1) is 16.0. The van der Waals surface area contributed by atoms with Gasteiger partial charge in [-0.2, -0.15) is 0 Å². The van der Waals surface area contributed by atoms with Crippen molar-refractivity contribution in [2.75, 3.05) is 0 Å². The Morgan fingerprint density at radius 1 is 0.972 bits per heavy atom. The normalized spacial score (nSPS) is 22.1. The van der Waals surface area contributed by atoms with Crippen LogP contribution < -0.4 is 24.8 Å². The molecular formula is C31H35Cl2SSiZr. The van der Waals surface area contributed by atoms with Crippen LogP contribution in [0.1, 0.15) is 61.4 Å². The standard InChI is InChI=1S/C21H23.C10H12SSi.2ClH.Zr/c1-5-15-13-17-7-6-8-19(20(17)14-15)16-9-11-18(12-10-16)21(2,3)4;1-6-10-9-7(11-6)4-5-8(9)12(10,2)3;;;/h6-14H,5H2,1-4H3;4-5,9H,1-3H3;2*1H;/q;;;;+2/p-2. The number of thioether (sulfide) groups is 1. The van der Waals surface area contributed by atoms with Gasteiger partial charge in [0, 0.05) is 5.92 Å². The number of halogens is 2. The molecular weight excluding hydrogens is 595 g/mol. The van der Waals surface area contributed by atoms with E-state index in [9.17, 15) is 0 Å². The van der Waals surface area contributed by atoms with Crippen LogP contribution in [0.15, 0.2) is 80.4 Å². The fourth-order valence-electron chi connectivity index (χ4n) is 5.96. The van der Waals surface area contributed by atoms with Gasteiger partial charge in [0.15, 0.2) is 0 Å². The number of hydrogen-bond acceptors (Lipinski definition) is 1. The van der Waals surface area contributed by atoms with Crippen molar-refractivity contribution < 1.29 is 49.5 Å². The molecule has 0 amide bonds. The van der Waals surface area contributed by atoms with Crippen LogP contribution in [0.5, 0.6) is 0 Å². The van der Waals surface area contributed by atoms with Gasteiger partial charge in [0.2, 0.25) is 0 Å². The zero-order valence-corrected chi connectivity index (χ0v) is 28.1. The molecule has 4 aliphatic rings. The molecule has 36 heavy (non-hydrogen) atoms. The molecule has 0 nitrogen and oxygen atoms in total. The van der Waals surface area contributed by atoms with Gasteiger partial charge in [0.1, 0.15) is 8.07 Å². The fourth-order valence-corrected chi connectivity index (χ4v) is 13.0. The number of allylic oxidation sites excluding steroid dienone is 7. The van der Waals surface area contributed by atoms with Crippen LogP contribution >= 0.6 is 11.8 Å². The van der Waals surface area contributed by atoms with Crippen molar-refractivity contribution >= 4 is 25.9 Å². The Bertz CT molecular complexity index is 1290. The minimum atomic E-state index is -1.06. The fraction of sp³-hybridized carbons (Fsp3) is 0.355. The second-order valence-electron chi connectivity index (χ2n) is 11.5. The number of fused-ring (bicyclic) bond motifs is 1. The van der Waals surface area contributed by atoms with Crippen molar-refractivity contribution in [3.05, 3.63) is 97.1 Å². The Hall–Kier alpha value is -0.570. The van der Waals surface area contributed by atoms with Gasteiger partial charge in [-0.05, 0) is 16.7 Å². The first kappa shape index (κ1) is 30.0. The van der Waals surface area contributed by atoms with E-state index < -0.39 is 8.07 Å². The van der Waals surface area contributed by atoms with Crippen LogP contribution in [-0.2, 0) is 30.1 Å². The van der Waals surface area contributed by atoms with Gasteiger partial charge in [0.25, 0.3) is 0 Å². The number of hydrogen-bond donors (Lipinski definition) is 0. The minimum Gasteiger partial charge on any atom is -1.00 e. The summed E-state index contributed by atoms with van der Waals surface area (Å²) in [6.45, 7) is 16.3. The van der Waals surface area contributed by atoms with Crippen molar-refractivity contribution in [3.63, 3.8) is 0 Å². The summed E-state index contributed by atoms with van der Waals surface area (Å²) >= 11 is 3.61. The van der Waals surface area contributed by atoms with Gasteiger partial charge in [-0.1, -0.05) is 47.4 Å². The van der Waals surface area contributed by atoms with Gasteiger partial charge >= 0.3 is 150 Å². The molecule has 2 aliphatic heterocycles. The Morgan fingerprint density at radius 3 is 2.25 bits per heavy atom. The molecule has 0 aromatic heterocycles. The summed E-state index contributed by atoms with van der Waals surface area (Å²) in [5.41, 5.74) is 8.89. The molecule has 2 aromatic carbocycles. The maximum absolute atomic E-state index is 2.48. The molecule has 5 heteroatoms. The van der Waals surface area contributed by atoms with Gasteiger partial charge in [-0.3, -0.25) is 0 Å². The van der Waals surface area contributed by atoms with E-state index >= 15 is 0 Å². The average molecular weight is 630 g/mol. The topological polar surface area (TPSA) is 0 Å². The SMILES string of the molecule is CC1=C2C3C(=CC=C3[Si]2(C)C)S1.CCC1=Cc2c(-c3ccc(C(C)(C)C)cc3)cccc2[CH]1[Zr+2].[Cl-].[Cl-]. The largest absolute Gasteiger partial charge is 1.00 e. The molecule has 0 bridgehead atoms. The van der Waals surface area contributed by atoms with E-state index in [4.69, 9.17) is 0 Å². The summed E-state index contributed by atoms with van der Waals surface area (Å²) < 4.78 is 0.654. The molecule has 0 radical (unpaired) electrons. The van der Waals surface area contributed by atoms with E-state index in [0.717, 1.165) is 12.3 Å². The van der Waals surface area contributed by atoms with Gasteiger partial charge in [-0.25, -0.2) is 0 Å². The van der Waals surface area contributed by atoms with Crippen LogP contribution in [0.2, 0.25) is 13.1 Å². The Morgan fingerprint density at radius 2 is 1.64 bits per heavy atom. The van der Waals surface area contributed by atoms with Crippen LogP contribution in [0, 0.1) is 5.92 Å². The van der Waals surface area contributed by atoms with Crippen molar-refractivity contribution in [2.24, 2.45) is 5.92 Å². The summed E-state index contributed by atoms with van der Waals surface area (Å²) in [7, 11) is -1.06. The van der Waals surface area contributed by atoms with E-state index in [2.05, 4.69) is 108 Å². The molecule has 2 atom stereocenters. The molecule has 0 saturated carbocycles. The number of rotatable bonds is 2. The third kappa shape index (κ3) is 4.93. The first-order valence-electron chi connectivity index (χ1n) is 12.5. The van der Waals surface area contributed by atoms with E-state index in [1.54, 1.807) is 45.3 Å². The molecule has 2 aromatic rings. The first-order valence-corrected chi connectivity index (χ1v) is 17.7. The predicted molar refractivity (Wildman–Crippen MR) is 149 cm³/mol. The average Bonchev–Trinajstić information content (AvgIpc) is 3.42. The van der Waals surface area contributed by atoms with E-state index in [-0.39, 0.29) is 30.2 Å². The molecule has 2 aliphatic carbocycles. The van der Waals surface area contributed by atoms with Crippen LogP contribution in [0.4, 0.5) is 0 Å². The van der Waals surface area contributed by atoms with Crippen molar-refractivity contribution in [3.8, 4) is 11.1 Å². The van der Waals surface area contributed by atoms with E-state index in [0.29, 0.717) is 3.63 Å². The van der Waals surface area contributed by atoms with Crippen molar-refractivity contribution in [2.45, 2.75) is 63.2 Å². The predicted octanol–water partition coefficient (Wildman–Crippen LogP) is 3.30. The summed E-state index contributed by atoms with van der Waals surface area (Å²) in [5.74, 6) is 0.789. The third-order valence-electron chi connectivity index (χ3n) is 7.98. The molecule has 0 N–H and O–H groups in total. The Balaban J connectivity index is 0.000000218. The Kier molecular flexibility index (Phi) is 9.07. The summed E-state index contributed by atoms with van der Waals surface area (Å²) in [6, 6.07) is 15.9. The second kappa shape index (κ2) is 10.9. The maximum atomic E-state index is 2.48. The molecule has 1 fully saturated rings. The van der Waals surface area contributed by atoms with Crippen molar-refractivity contribution in [1.29, 1.82) is 0 Å². The molecule has 6 rings (SSSR count). The monoisotopic (exact) mass is 627 g/mol. The van der Waals surface area contributed by atoms with Gasteiger partial charge in [-0.15, -0.1) is 0 Å². The van der Waals surface area contributed by atoms with Crippen LogP contribution in [0.25, 0.3) is 17.2 Å². The van der Waals surface area contributed by atoms with Gasteiger partial charge < -0.3 is 24.8 Å². The molecule has 187 valence electrons. The zero-order valence-electron chi connectivity index (χ0n) is 22.3. The second-order valence-corrected chi connectivity index (χ2v) is 18.5. The molecule has 0 spiro atoms. The molecule has 1 saturated heterocycles. The summed E-state index contributed by atoms with van der Waals surface area (Å²) in [6.07, 6.45) is 8.31. The maximum Gasteiger partial charge on any atom is -1.00 e. The van der Waals surface area contributed by atoms with E-state index in [1.165, 1.54) is 27.8 Å². The summed E-state index contributed by atoms with van der Waals surface area (Å²) in [4.78, 5) is 3.21. The van der Waals surface area contributed by atoms with Crippen LogP contribution in [-0.4, -0.2) is 8.07 Å². The zero-order chi connectivity index (χ0) is 24.4. The smallest absolute Gasteiger partial charge is 1.00 e. The Labute approximate surface area is 250 Å². The number of benzene rings is 2. The van der Waals surface area contributed by atoms with Crippen LogP contribution in [0.3, 0.4) is 0 Å². The summed E-state index contributed by atoms with van der Waals surface area (Å²) in [5, 5.41) is 3.60.